The molecule has 0 amide bonds. The summed E-state index contributed by atoms with van der Waals surface area (Å²) >= 11 is 0. The zero-order valence-corrected chi connectivity index (χ0v) is 25.7. The number of hydrogen-bond acceptors (Lipinski definition) is 8. The van der Waals surface area contributed by atoms with E-state index in [0.29, 0.717) is 11.1 Å². The van der Waals surface area contributed by atoms with Crippen LogP contribution >= 0.6 is 0 Å². The van der Waals surface area contributed by atoms with E-state index in [-0.39, 0.29) is 35.9 Å². The molecule has 4 aromatic carbocycles. The van der Waals surface area contributed by atoms with Crippen molar-refractivity contribution in [2.45, 2.75) is 25.9 Å². The first-order valence-electron chi connectivity index (χ1n) is 14.9. The molecule has 0 heterocycles. The molecule has 2 atom stereocenters. The molecule has 0 spiro atoms. The van der Waals surface area contributed by atoms with Crippen molar-refractivity contribution in [1.82, 2.24) is 0 Å². The number of nitrogens with zero attached hydrogens (tertiary/aromatic N) is 2. The van der Waals surface area contributed by atoms with Crippen molar-refractivity contribution in [2.24, 2.45) is 9.98 Å². The Morgan fingerprint density at radius 1 is 0.565 bits per heavy atom. The quantitative estimate of drug-likeness (QED) is 0.0689. The van der Waals surface area contributed by atoms with Crippen molar-refractivity contribution in [2.75, 3.05) is 13.2 Å². The number of rotatable bonds is 13. The van der Waals surface area contributed by atoms with E-state index >= 15 is 0 Å². The van der Waals surface area contributed by atoms with Gasteiger partial charge in [-0.2, -0.15) is 0 Å². The molecule has 0 radical (unpaired) electrons. The van der Waals surface area contributed by atoms with Crippen LogP contribution in [0.1, 0.15) is 48.2 Å². The van der Waals surface area contributed by atoms with Gasteiger partial charge in [0.1, 0.15) is 34.7 Å². The fourth-order valence-electron chi connectivity index (χ4n) is 4.65. The minimum Gasteiger partial charge on any atom is -0.506 e. The van der Waals surface area contributed by atoms with Gasteiger partial charge in [-0.1, -0.05) is 121 Å². The zero-order valence-electron chi connectivity index (χ0n) is 25.7. The summed E-state index contributed by atoms with van der Waals surface area (Å²) in [5.74, 6) is -2.04. The van der Waals surface area contributed by atoms with Gasteiger partial charge < -0.3 is 19.7 Å². The first-order chi connectivity index (χ1) is 22.4. The molecule has 0 fully saturated rings. The number of ether oxygens (including phenoxy) is 2. The number of esters is 2. The highest BCUT2D eigenvalue weighted by Crippen LogP contribution is 2.36. The zero-order chi connectivity index (χ0) is 32.7. The van der Waals surface area contributed by atoms with Crippen LogP contribution in [0.3, 0.4) is 0 Å². The number of benzene rings is 4. The Labute approximate surface area is 268 Å². The van der Waals surface area contributed by atoms with E-state index < -0.39 is 24.0 Å². The summed E-state index contributed by atoms with van der Waals surface area (Å²) in [6.07, 6.45) is 2.60. The van der Waals surface area contributed by atoms with Crippen LogP contribution in [0, 0.1) is 0 Å². The van der Waals surface area contributed by atoms with Crippen LogP contribution < -0.4 is 0 Å². The molecule has 0 saturated carbocycles. The Morgan fingerprint density at radius 2 is 0.870 bits per heavy atom. The summed E-state index contributed by atoms with van der Waals surface area (Å²) in [4.78, 5) is 35.8. The van der Waals surface area contributed by atoms with Gasteiger partial charge in [-0.3, -0.25) is 9.98 Å². The molecule has 0 aromatic heterocycles. The third kappa shape index (κ3) is 8.66. The van der Waals surface area contributed by atoms with Gasteiger partial charge in [-0.05, 0) is 25.0 Å². The second kappa shape index (κ2) is 16.9. The SMILES string of the molecule is CCOC(=O)/C(C=NC(c1ccccc1)C(N=C/C(C(=O)OCC)=C(\O)c1ccccc1)c1ccccc1)=C(/O)c1ccccc1. The van der Waals surface area contributed by atoms with Gasteiger partial charge in [0, 0.05) is 23.6 Å². The lowest BCUT2D eigenvalue weighted by Gasteiger charge is -2.22. The smallest absolute Gasteiger partial charge is 0.343 e. The predicted molar refractivity (Wildman–Crippen MR) is 181 cm³/mol. The summed E-state index contributed by atoms with van der Waals surface area (Å²) in [5.41, 5.74) is 2.09. The second-order valence-corrected chi connectivity index (χ2v) is 9.96. The summed E-state index contributed by atoms with van der Waals surface area (Å²) in [7, 11) is 0. The van der Waals surface area contributed by atoms with Crippen LogP contribution in [0.4, 0.5) is 0 Å². The number of hydrogen-bond donors (Lipinski definition) is 2. The van der Waals surface area contributed by atoms with E-state index in [2.05, 4.69) is 0 Å². The first kappa shape index (κ1) is 33.1. The van der Waals surface area contributed by atoms with Gasteiger partial charge in [0.05, 0.1) is 13.2 Å². The molecular formula is C38H36N2O6. The Balaban J connectivity index is 1.89. The highest BCUT2D eigenvalue weighted by atomic mass is 16.5. The largest absolute Gasteiger partial charge is 0.506 e. The lowest BCUT2D eigenvalue weighted by molar-refractivity contribution is -0.138. The number of carbonyl (C=O) groups excluding carboxylic acids is 2. The second-order valence-electron chi connectivity index (χ2n) is 9.96. The fourth-order valence-corrected chi connectivity index (χ4v) is 4.65. The topological polar surface area (TPSA) is 118 Å². The molecule has 234 valence electrons. The number of aliphatic hydroxyl groups excluding tert-OH is 2. The van der Waals surface area contributed by atoms with Crippen LogP contribution in [-0.2, 0) is 19.1 Å². The van der Waals surface area contributed by atoms with E-state index in [1.807, 2.05) is 60.7 Å². The van der Waals surface area contributed by atoms with Crippen LogP contribution in [0.5, 0.6) is 0 Å². The lowest BCUT2D eigenvalue weighted by Crippen LogP contribution is -2.15. The standard InChI is InChI=1S/C38H36N2O6/c1-3-45-37(43)31(35(41)29-21-13-7-14-22-29)25-39-33(27-17-9-5-10-18-27)34(28-19-11-6-12-20-28)40-26-32(38(44)46-4-2)36(42)30-23-15-8-16-24-30/h5-26,33-34,41-42H,3-4H2,1-2H3/b35-31+,36-32+,39-25?,40-26?. The Hall–Kier alpha value is -5.76. The third-order valence-electron chi connectivity index (χ3n) is 6.91. The van der Waals surface area contributed by atoms with Crippen LogP contribution in [-0.4, -0.2) is 47.8 Å². The molecule has 0 aliphatic heterocycles. The Bertz CT molecular complexity index is 1570. The first-order valence-corrected chi connectivity index (χ1v) is 14.9. The third-order valence-corrected chi connectivity index (χ3v) is 6.91. The van der Waals surface area contributed by atoms with Crippen molar-refractivity contribution >= 4 is 35.9 Å². The minimum atomic E-state index is -0.741. The highest BCUT2D eigenvalue weighted by molar-refractivity contribution is 6.15. The van der Waals surface area contributed by atoms with E-state index in [1.165, 1.54) is 12.4 Å². The molecular weight excluding hydrogens is 580 g/mol. The van der Waals surface area contributed by atoms with Crippen molar-refractivity contribution in [3.63, 3.8) is 0 Å². The van der Waals surface area contributed by atoms with Crippen molar-refractivity contribution in [1.29, 1.82) is 0 Å². The maximum atomic E-state index is 13.1. The molecule has 8 heteroatoms. The van der Waals surface area contributed by atoms with Gasteiger partial charge in [0.25, 0.3) is 0 Å². The monoisotopic (exact) mass is 616 g/mol. The summed E-state index contributed by atoms with van der Waals surface area (Å²) in [5, 5.41) is 22.3. The van der Waals surface area contributed by atoms with Gasteiger partial charge in [-0.15, -0.1) is 0 Å². The Morgan fingerprint density at radius 3 is 1.17 bits per heavy atom. The van der Waals surface area contributed by atoms with E-state index in [9.17, 15) is 19.8 Å². The molecule has 4 rings (SSSR count). The molecule has 0 saturated heterocycles. The highest BCUT2D eigenvalue weighted by Gasteiger charge is 2.26. The molecule has 0 aliphatic carbocycles. The summed E-state index contributed by atoms with van der Waals surface area (Å²) in [6, 6.07) is 34.5. The van der Waals surface area contributed by atoms with Crippen molar-refractivity contribution in [3.05, 3.63) is 155 Å². The van der Waals surface area contributed by atoms with Crippen LogP contribution in [0.15, 0.2) is 142 Å². The maximum Gasteiger partial charge on any atom is 0.343 e. The molecule has 8 nitrogen and oxygen atoms in total. The summed E-state index contributed by atoms with van der Waals surface area (Å²) in [6.45, 7) is 3.56. The summed E-state index contributed by atoms with van der Waals surface area (Å²) < 4.78 is 10.5. The number of aliphatic imine (C=N–C) groups is 2. The van der Waals surface area contributed by atoms with Gasteiger partial charge >= 0.3 is 11.9 Å². The fraction of sp³-hybridized carbons (Fsp3) is 0.158. The molecule has 2 unspecified atom stereocenters. The van der Waals surface area contributed by atoms with Crippen molar-refractivity contribution < 1.29 is 29.3 Å². The molecule has 0 bridgehead atoms. The lowest BCUT2D eigenvalue weighted by atomic mass is 9.94. The van der Waals surface area contributed by atoms with E-state index in [4.69, 9.17) is 19.5 Å². The molecule has 0 aliphatic rings. The average molecular weight is 617 g/mol. The average Bonchev–Trinajstić information content (AvgIpc) is 3.10. The van der Waals surface area contributed by atoms with Crippen molar-refractivity contribution in [3.8, 4) is 0 Å². The molecule has 2 N–H and O–H groups in total. The van der Waals surface area contributed by atoms with Gasteiger partial charge in [0.2, 0.25) is 0 Å². The minimum absolute atomic E-state index is 0.102. The number of carbonyl (C=O) groups is 2. The van der Waals surface area contributed by atoms with E-state index in [1.54, 1.807) is 74.5 Å². The Kier molecular flexibility index (Phi) is 12.2. The predicted octanol–water partition coefficient (Wildman–Crippen LogP) is 7.68. The van der Waals surface area contributed by atoms with Crippen LogP contribution in [0.25, 0.3) is 11.5 Å². The normalized spacial score (nSPS) is 13.9. The van der Waals surface area contributed by atoms with E-state index in [0.717, 1.165) is 11.1 Å². The molecule has 46 heavy (non-hydrogen) atoms. The number of aliphatic hydroxyl groups is 2. The molecule has 4 aromatic rings. The van der Waals surface area contributed by atoms with Crippen LogP contribution in [0.2, 0.25) is 0 Å². The van der Waals surface area contributed by atoms with Gasteiger partial charge in [-0.25, -0.2) is 9.59 Å². The van der Waals surface area contributed by atoms with Gasteiger partial charge in [0.15, 0.2) is 0 Å². The maximum absolute atomic E-state index is 13.1.